The van der Waals surface area contributed by atoms with E-state index in [4.69, 9.17) is 11.6 Å². The molecule has 0 spiro atoms. The lowest BCUT2D eigenvalue weighted by atomic mass is 9.74. The van der Waals surface area contributed by atoms with E-state index in [9.17, 15) is 33.0 Å². The third kappa shape index (κ3) is 4.99. The summed E-state index contributed by atoms with van der Waals surface area (Å²) in [4.78, 5) is 27.4. The van der Waals surface area contributed by atoms with Gasteiger partial charge in [0, 0.05) is 6.04 Å². The van der Waals surface area contributed by atoms with Gasteiger partial charge in [0.25, 0.3) is 5.91 Å². The molecule has 214 valence electrons. The highest BCUT2D eigenvalue weighted by molar-refractivity contribution is 7.10. The topological polar surface area (TPSA) is 95.7 Å². The number of aliphatic hydroxyl groups excluding tert-OH is 1. The van der Waals surface area contributed by atoms with Crippen molar-refractivity contribution in [3.63, 3.8) is 0 Å². The first kappa shape index (κ1) is 28.4. The Balaban J connectivity index is 1.45. The van der Waals surface area contributed by atoms with Crippen LogP contribution in [0.4, 0.5) is 13.2 Å². The molecule has 0 radical (unpaired) electrons. The summed E-state index contributed by atoms with van der Waals surface area (Å²) in [7, 11) is 0. The van der Waals surface area contributed by atoms with E-state index in [1.54, 1.807) is 18.4 Å². The van der Waals surface area contributed by atoms with Gasteiger partial charge < -0.3 is 15.1 Å². The van der Waals surface area contributed by atoms with E-state index in [1.165, 1.54) is 16.2 Å². The number of thiophene rings is 1. The molecule has 5 rings (SSSR count). The van der Waals surface area contributed by atoms with Crippen LogP contribution in [-0.2, 0) is 11.0 Å². The average Bonchev–Trinajstić information content (AvgIpc) is 3.42. The molecule has 7 nitrogen and oxygen atoms in total. The smallest absolute Gasteiger partial charge is 0.433 e. The Labute approximate surface area is 233 Å². The second-order valence-corrected chi connectivity index (χ2v) is 13.6. The monoisotopic (exact) mass is 587 g/mol. The Morgan fingerprint density at radius 3 is 2.36 bits per heavy atom. The molecule has 2 aromatic heterocycles. The SMILES string of the molecule is CC1(C(=O)O)CCC(n2ncc(C(=O)N(CC(O)c3sccc3Cl)[C@H]3C[C@@H]4[C@H](C3)C4(C)C)c2C(F)(F)F)CC1. The van der Waals surface area contributed by atoms with Gasteiger partial charge in [-0.25, -0.2) is 0 Å². The Morgan fingerprint density at radius 1 is 1.23 bits per heavy atom. The van der Waals surface area contributed by atoms with E-state index in [0.717, 1.165) is 10.9 Å². The molecule has 0 aromatic carbocycles. The first-order valence-corrected chi connectivity index (χ1v) is 14.5. The fraction of sp³-hybridized carbons (Fsp3) is 0.667. The molecule has 3 saturated carbocycles. The maximum absolute atomic E-state index is 14.5. The van der Waals surface area contributed by atoms with E-state index < -0.39 is 46.9 Å². The standard InChI is InChI=1S/C27H33ClF3N3O4S/c1-25(2)17-10-15(11-18(17)25)33(13-20(35)21-19(28)6-9-39-21)23(36)16-12-32-34(22(16)27(29,30)31)14-4-7-26(3,8-5-14)24(37)38/h6,9,12,14-15,17-18,20,35H,4-5,7-8,10-11,13H2,1-3H3,(H,37,38)/t14?,15-,17+,18-,20?,26?. The molecule has 0 bridgehead atoms. The largest absolute Gasteiger partial charge is 0.481 e. The Kier molecular flexibility index (Phi) is 7.12. The van der Waals surface area contributed by atoms with E-state index in [2.05, 4.69) is 18.9 Å². The molecule has 12 heteroatoms. The molecule has 3 aliphatic carbocycles. The molecule has 4 atom stereocenters. The third-order valence-corrected chi connectivity index (χ3v) is 11.0. The molecule has 3 fully saturated rings. The number of amides is 1. The number of carbonyl (C=O) groups excluding carboxylic acids is 1. The number of carboxylic acid groups (broad SMARTS) is 1. The van der Waals surface area contributed by atoms with Crippen LogP contribution in [-0.4, -0.2) is 49.4 Å². The van der Waals surface area contributed by atoms with Gasteiger partial charge in [-0.05, 0) is 74.1 Å². The number of nitrogens with zero attached hydrogens (tertiary/aromatic N) is 3. The van der Waals surface area contributed by atoms with Crippen LogP contribution in [0.2, 0.25) is 5.02 Å². The van der Waals surface area contributed by atoms with Gasteiger partial charge in [-0.2, -0.15) is 18.3 Å². The summed E-state index contributed by atoms with van der Waals surface area (Å²) in [6.07, 6.45) is -2.82. The minimum absolute atomic E-state index is 0.147. The molecule has 39 heavy (non-hydrogen) atoms. The number of hydrogen-bond acceptors (Lipinski definition) is 5. The molecule has 0 saturated heterocycles. The van der Waals surface area contributed by atoms with Crippen LogP contribution >= 0.6 is 22.9 Å². The summed E-state index contributed by atoms with van der Waals surface area (Å²) in [5.74, 6) is -1.01. The minimum atomic E-state index is -4.85. The quantitative estimate of drug-likeness (QED) is 0.389. The number of aliphatic hydroxyl groups is 1. The zero-order valence-electron chi connectivity index (χ0n) is 22.0. The van der Waals surface area contributed by atoms with Crippen LogP contribution in [0.5, 0.6) is 0 Å². The number of hydrogen-bond donors (Lipinski definition) is 2. The summed E-state index contributed by atoms with van der Waals surface area (Å²) in [6, 6.07) is 0.666. The van der Waals surface area contributed by atoms with Crippen LogP contribution in [0.3, 0.4) is 0 Å². The minimum Gasteiger partial charge on any atom is -0.481 e. The van der Waals surface area contributed by atoms with Crippen molar-refractivity contribution >= 4 is 34.8 Å². The number of aromatic nitrogens is 2. The summed E-state index contributed by atoms with van der Waals surface area (Å²) in [6.45, 7) is 5.75. The normalized spacial score (nSPS) is 30.6. The van der Waals surface area contributed by atoms with Gasteiger partial charge >= 0.3 is 12.1 Å². The van der Waals surface area contributed by atoms with Crippen LogP contribution < -0.4 is 0 Å². The van der Waals surface area contributed by atoms with E-state index in [1.807, 2.05) is 0 Å². The first-order chi connectivity index (χ1) is 18.1. The maximum atomic E-state index is 14.5. The number of carbonyl (C=O) groups is 2. The zero-order valence-corrected chi connectivity index (χ0v) is 23.6. The van der Waals surface area contributed by atoms with E-state index >= 15 is 0 Å². The highest BCUT2D eigenvalue weighted by Gasteiger charge is 2.63. The van der Waals surface area contributed by atoms with Crippen molar-refractivity contribution in [3.05, 3.63) is 38.8 Å². The number of aliphatic carboxylic acids is 1. The second-order valence-electron chi connectivity index (χ2n) is 12.2. The molecule has 2 aromatic rings. The van der Waals surface area contributed by atoms with Gasteiger partial charge in [0.1, 0.15) is 6.10 Å². The molecular weight excluding hydrogens is 555 g/mol. The number of halogens is 4. The molecule has 3 aliphatic rings. The number of carboxylic acids is 1. The maximum Gasteiger partial charge on any atom is 0.433 e. The highest BCUT2D eigenvalue weighted by Crippen LogP contribution is 2.67. The lowest BCUT2D eigenvalue weighted by molar-refractivity contribution is -0.152. The fourth-order valence-corrected chi connectivity index (χ4v) is 8.03. The first-order valence-electron chi connectivity index (χ1n) is 13.2. The molecule has 0 aliphatic heterocycles. The van der Waals surface area contributed by atoms with Gasteiger partial charge in [0.15, 0.2) is 5.69 Å². The van der Waals surface area contributed by atoms with Crippen molar-refractivity contribution in [1.82, 2.24) is 14.7 Å². The van der Waals surface area contributed by atoms with E-state index in [-0.39, 0.29) is 43.7 Å². The van der Waals surface area contributed by atoms with E-state index in [0.29, 0.717) is 34.6 Å². The molecule has 2 N–H and O–H groups in total. The van der Waals surface area contributed by atoms with Crippen LogP contribution in [0.15, 0.2) is 17.6 Å². The highest BCUT2D eigenvalue weighted by atomic mass is 35.5. The summed E-state index contributed by atoms with van der Waals surface area (Å²) in [5, 5.41) is 26.6. The predicted octanol–water partition coefficient (Wildman–Crippen LogP) is 6.43. The Morgan fingerprint density at radius 2 is 1.85 bits per heavy atom. The average molecular weight is 588 g/mol. The number of fused-ring (bicyclic) bond motifs is 1. The summed E-state index contributed by atoms with van der Waals surface area (Å²) in [5.41, 5.74) is -2.51. The van der Waals surface area contributed by atoms with Crippen LogP contribution in [0.1, 0.15) is 92.4 Å². The van der Waals surface area contributed by atoms with Crippen molar-refractivity contribution in [3.8, 4) is 0 Å². The van der Waals surface area contributed by atoms with Crippen molar-refractivity contribution < 1.29 is 33.0 Å². The molecular formula is C27H33ClF3N3O4S. The summed E-state index contributed by atoms with van der Waals surface area (Å²) < 4.78 is 44.4. The fourth-order valence-electron chi connectivity index (χ4n) is 6.87. The lowest BCUT2D eigenvalue weighted by Gasteiger charge is -2.35. The third-order valence-electron chi connectivity index (χ3n) is 9.57. The lowest BCUT2D eigenvalue weighted by Crippen LogP contribution is -2.43. The van der Waals surface area contributed by atoms with Crippen molar-refractivity contribution in [2.75, 3.05) is 6.54 Å². The van der Waals surface area contributed by atoms with Gasteiger partial charge in [0.2, 0.25) is 0 Å². The Bertz CT molecular complexity index is 1250. The predicted molar refractivity (Wildman–Crippen MR) is 140 cm³/mol. The second kappa shape index (κ2) is 9.76. The van der Waals surface area contributed by atoms with Gasteiger partial charge in [0.05, 0.1) is 39.7 Å². The van der Waals surface area contributed by atoms with Gasteiger partial charge in [-0.3, -0.25) is 14.3 Å². The van der Waals surface area contributed by atoms with Crippen LogP contribution in [0.25, 0.3) is 0 Å². The van der Waals surface area contributed by atoms with Gasteiger partial charge in [-0.1, -0.05) is 25.4 Å². The zero-order chi connectivity index (χ0) is 28.5. The number of alkyl halides is 3. The Hall–Kier alpha value is -2.11. The number of rotatable bonds is 7. The summed E-state index contributed by atoms with van der Waals surface area (Å²) >= 11 is 7.44. The molecule has 1 amide bonds. The van der Waals surface area contributed by atoms with Gasteiger partial charge in [-0.15, -0.1) is 11.3 Å². The molecule has 1 unspecified atom stereocenters. The van der Waals surface area contributed by atoms with Crippen molar-refractivity contribution in [2.45, 2.75) is 83.7 Å². The van der Waals surface area contributed by atoms with Crippen molar-refractivity contribution in [2.24, 2.45) is 22.7 Å². The molecule has 2 heterocycles. The van der Waals surface area contributed by atoms with Crippen LogP contribution in [0, 0.1) is 22.7 Å². The van der Waals surface area contributed by atoms with Crippen molar-refractivity contribution in [1.29, 1.82) is 0 Å².